The largest absolute Gasteiger partial charge is 0.394 e. The summed E-state index contributed by atoms with van der Waals surface area (Å²) >= 11 is 0. The Morgan fingerprint density at radius 2 is 1.83 bits per heavy atom. The molecule has 1 aromatic rings. The SMILES string of the molecule is CC[C@H](C)[C@H](CO)N1C(=O)[C@@H]2[C@@H](C(=O)Nc3ccccc3)[C@@]3(CC)CCC2(O3)C1C(=O)NC(C)(C)C. The van der Waals surface area contributed by atoms with Gasteiger partial charge >= 0.3 is 0 Å². The number of fused-ring (bicyclic) bond motifs is 1. The number of nitrogens with zero attached hydrogens (tertiary/aromatic N) is 1. The minimum Gasteiger partial charge on any atom is -0.394 e. The maximum absolute atomic E-state index is 14.3. The molecule has 3 N–H and O–H groups in total. The Morgan fingerprint density at radius 3 is 2.39 bits per heavy atom. The molecule has 3 amide bonds. The molecule has 3 heterocycles. The number of hydrogen-bond acceptors (Lipinski definition) is 5. The van der Waals surface area contributed by atoms with Crippen LogP contribution in [-0.4, -0.2) is 63.2 Å². The molecule has 3 aliphatic rings. The van der Waals surface area contributed by atoms with E-state index in [1.807, 2.05) is 71.9 Å². The minimum absolute atomic E-state index is 0.0342. The molecular formula is C28H41N3O5. The molecule has 198 valence electrons. The molecule has 1 aromatic carbocycles. The van der Waals surface area contributed by atoms with Crippen molar-refractivity contribution >= 4 is 23.4 Å². The van der Waals surface area contributed by atoms with Crippen molar-refractivity contribution in [3.05, 3.63) is 30.3 Å². The van der Waals surface area contributed by atoms with Gasteiger partial charge in [-0.15, -0.1) is 0 Å². The first-order chi connectivity index (χ1) is 16.9. The number of amides is 3. The number of aliphatic hydroxyl groups is 1. The van der Waals surface area contributed by atoms with Crippen LogP contribution >= 0.6 is 0 Å². The van der Waals surface area contributed by atoms with E-state index >= 15 is 0 Å². The van der Waals surface area contributed by atoms with Gasteiger partial charge in [0.25, 0.3) is 0 Å². The van der Waals surface area contributed by atoms with Gasteiger partial charge in [0.05, 0.1) is 30.1 Å². The van der Waals surface area contributed by atoms with Crippen LogP contribution in [-0.2, 0) is 19.1 Å². The lowest BCUT2D eigenvalue weighted by molar-refractivity contribution is -0.152. The number of benzene rings is 1. The molecule has 2 unspecified atom stereocenters. The van der Waals surface area contributed by atoms with Crippen LogP contribution in [0.5, 0.6) is 0 Å². The van der Waals surface area contributed by atoms with Crippen LogP contribution in [0.4, 0.5) is 5.69 Å². The zero-order chi connectivity index (χ0) is 26.5. The molecule has 8 heteroatoms. The van der Waals surface area contributed by atoms with Crippen molar-refractivity contribution in [1.29, 1.82) is 0 Å². The summed E-state index contributed by atoms with van der Waals surface area (Å²) in [5, 5.41) is 16.4. The Morgan fingerprint density at radius 1 is 1.17 bits per heavy atom. The van der Waals surface area contributed by atoms with E-state index in [1.54, 1.807) is 4.90 Å². The molecule has 3 aliphatic heterocycles. The molecule has 3 saturated heterocycles. The average Bonchev–Trinajstić information content (AvgIpc) is 3.43. The van der Waals surface area contributed by atoms with Gasteiger partial charge in [-0.1, -0.05) is 45.4 Å². The number of carbonyl (C=O) groups excluding carboxylic acids is 3. The molecular weight excluding hydrogens is 458 g/mol. The number of rotatable bonds is 8. The van der Waals surface area contributed by atoms with E-state index in [-0.39, 0.29) is 30.2 Å². The van der Waals surface area contributed by atoms with Gasteiger partial charge in [-0.05, 0) is 58.1 Å². The fourth-order valence-electron chi connectivity index (χ4n) is 6.70. The second kappa shape index (κ2) is 9.45. The topological polar surface area (TPSA) is 108 Å². The zero-order valence-electron chi connectivity index (χ0n) is 22.3. The molecule has 36 heavy (non-hydrogen) atoms. The van der Waals surface area contributed by atoms with Gasteiger partial charge in [0.1, 0.15) is 11.6 Å². The van der Waals surface area contributed by atoms with Crippen LogP contribution in [0.1, 0.15) is 67.2 Å². The predicted octanol–water partition coefficient (Wildman–Crippen LogP) is 3.10. The van der Waals surface area contributed by atoms with Gasteiger partial charge in [0.2, 0.25) is 17.7 Å². The standard InChI is InChI=1S/C28H41N3O5/c1-7-17(3)19(16-32)31-22(24(34)30-26(4,5)6)28-15-14-27(8-2,36-28)20(21(28)25(31)35)23(33)29-18-12-10-9-11-13-18/h9-13,17,19-22,32H,7-8,14-16H2,1-6H3,(H,29,33)(H,30,34)/t17-,19-,20-,21-,22?,27+,28?/m0/s1. The van der Waals surface area contributed by atoms with E-state index in [4.69, 9.17) is 4.74 Å². The smallest absolute Gasteiger partial charge is 0.246 e. The highest BCUT2D eigenvalue weighted by molar-refractivity contribution is 6.02. The maximum atomic E-state index is 14.3. The lowest BCUT2D eigenvalue weighted by Crippen LogP contribution is -2.61. The van der Waals surface area contributed by atoms with E-state index in [0.29, 0.717) is 24.9 Å². The summed E-state index contributed by atoms with van der Waals surface area (Å²) in [4.78, 5) is 43.5. The summed E-state index contributed by atoms with van der Waals surface area (Å²) in [6.07, 6.45) is 2.41. The Balaban J connectivity index is 1.80. The molecule has 2 bridgehead atoms. The highest BCUT2D eigenvalue weighted by atomic mass is 16.5. The summed E-state index contributed by atoms with van der Waals surface area (Å²) in [5.41, 5.74) is -1.78. The van der Waals surface area contributed by atoms with Gasteiger partial charge in [0.15, 0.2) is 0 Å². The monoisotopic (exact) mass is 499 g/mol. The molecule has 8 nitrogen and oxygen atoms in total. The highest BCUT2D eigenvalue weighted by Crippen LogP contribution is 2.64. The van der Waals surface area contributed by atoms with E-state index in [2.05, 4.69) is 10.6 Å². The number of hydrogen-bond donors (Lipinski definition) is 3. The summed E-state index contributed by atoms with van der Waals surface area (Å²) in [6, 6.07) is 7.73. The van der Waals surface area contributed by atoms with Crippen molar-refractivity contribution in [2.24, 2.45) is 17.8 Å². The maximum Gasteiger partial charge on any atom is 0.246 e. The van der Waals surface area contributed by atoms with Crippen LogP contribution in [0.25, 0.3) is 0 Å². The van der Waals surface area contributed by atoms with Crippen molar-refractivity contribution < 1.29 is 24.2 Å². The van der Waals surface area contributed by atoms with E-state index < -0.39 is 40.7 Å². The van der Waals surface area contributed by atoms with Gasteiger partial charge in [-0.3, -0.25) is 14.4 Å². The van der Waals surface area contributed by atoms with E-state index in [0.717, 1.165) is 6.42 Å². The quantitative estimate of drug-likeness (QED) is 0.509. The molecule has 3 fully saturated rings. The zero-order valence-corrected chi connectivity index (χ0v) is 22.3. The Hall–Kier alpha value is -2.45. The van der Waals surface area contributed by atoms with Crippen molar-refractivity contribution in [3.8, 4) is 0 Å². The van der Waals surface area contributed by atoms with Crippen molar-refractivity contribution in [1.82, 2.24) is 10.2 Å². The summed E-state index contributed by atoms with van der Waals surface area (Å²) < 4.78 is 6.78. The number of ether oxygens (including phenoxy) is 1. The summed E-state index contributed by atoms with van der Waals surface area (Å²) in [5.74, 6) is -2.38. The first kappa shape index (κ1) is 26.6. The molecule has 0 radical (unpaired) electrons. The van der Waals surface area contributed by atoms with Crippen molar-refractivity contribution in [2.45, 2.75) is 96.1 Å². The molecule has 0 aromatic heterocycles. The summed E-state index contributed by atoms with van der Waals surface area (Å²) in [6.45, 7) is 11.4. The lowest BCUT2D eigenvalue weighted by atomic mass is 9.65. The third-order valence-electron chi connectivity index (χ3n) is 8.53. The number of nitrogens with one attached hydrogen (secondary N) is 2. The summed E-state index contributed by atoms with van der Waals surface area (Å²) in [7, 11) is 0. The van der Waals surface area contributed by atoms with Crippen LogP contribution in [0.2, 0.25) is 0 Å². The van der Waals surface area contributed by atoms with Crippen LogP contribution in [0.15, 0.2) is 30.3 Å². The third kappa shape index (κ3) is 4.12. The minimum atomic E-state index is -1.11. The molecule has 1 spiro atoms. The van der Waals surface area contributed by atoms with Crippen LogP contribution in [0.3, 0.4) is 0 Å². The number of likely N-dealkylation sites (tertiary alicyclic amines) is 1. The van der Waals surface area contributed by atoms with Crippen LogP contribution < -0.4 is 10.6 Å². The first-order valence-corrected chi connectivity index (χ1v) is 13.3. The van der Waals surface area contributed by atoms with E-state index in [9.17, 15) is 19.5 Å². The first-order valence-electron chi connectivity index (χ1n) is 13.3. The van der Waals surface area contributed by atoms with Gasteiger partial charge in [0, 0.05) is 11.2 Å². The van der Waals surface area contributed by atoms with Crippen LogP contribution in [0, 0.1) is 17.8 Å². The second-order valence-electron chi connectivity index (χ2n) is 11.8. The number of para-hydroxylation sites is 1. The van der Waals surface area contributed by atoms with E-state index in [1.165, 1.54) is 0 Å². The molecule has 0 aliphatic carbocycles. The number of anilines is 1. The van der Waals surface area contributed by atoms with Gasteiger partial charge in [-0.25, -0.2) is 0 Å². The second-order valence-corrected chi connectivity index (χ2v) is 11.8. The Labute approximate surface area is 214 Å². The fourth-order valence-corrected chi connectivity index (χ4v) is 6.70. The average molecular weight is 500 g/mol. The number of carbonyl (C=O) groups is 3. The van der Waals surface area contributed by atoms with Crippen molar-refractivity contribution in [2.75, 3.05) is 11.9 Å². The normalized spacial score (nSPS) is 32.8. The molecule has 7 atom stereocenters. The Kier molecular flexibility index (Phi) is 6.99. The van der Waals surface area contributed by atoms with Crippen molar-refractivity contribution in [3.63, 3.8) is 0 Å². The Bertz CT molecular complexity index is 1010. The predicted molar refractivity (Wildman–Crippen MR) is 137 cm³/mol. The lowest BCUT2D eigenvalue weighted by Gasteiger charge is -2.40. The third-order valence-corrected chi connectivity index (χ3v) is 8.53. The fraction of sp³-hybridized carbons (Fsp3) is 0.679. The molecule has 0 saturated carbocycles. The number of aliphatic hydroxyl groups excluding tert-OH is 1. The highest BCUT2D eigenvalue weighted by Gasteiger charge is 2.79. The van der Waals surface area contributed by atoms with Gasteiger partial charge < -0.3 is 25.4 Å². The molecule has 4 rings (SSSR count). The van der Waals surface area contributed by atoms with Gasteiger partial charge in [-0.2, -0.15) is 0 Å².